The lowest BCUT2D eigenvalue weighted by atomic mass is 9.44. The molecule has 0 bridgehead atoms. The molecular weight excluding hydrogens is 472 g/mol. The standard InChI is InChI=1S/C33H56N2O3/c1-21(20-36)5-7-25-18-29-30(38-25)19-28-26-8-6-23-17-24(34-31(37)22-11-15-35(4)16-12-22)9-13-32(23,2)27(26)10-14-33(28,29)3/h21-30,36H,5-20H2,1-4H3,(H,34,37)/t21-,23+,24?,25+,26+,27?,28?,29-,30?,32-,33-/m0/s1. The highest BCUT2D eigenvalue weighted by Gasteiger charge is 2.64. The number of nitrogens with zero attached hydrogens (tertiary/aromatic N) is 1. The molecule has 11 atom stereocenters. The highest BCUT2D eigenvalue weighted by molar-refractivity contribution is 5.79. The van der Waals surface area contributed by atoms with E-state index in [1.165, 1.54) is 57.8 Å². The second-order valence-electron chi connectivity index (χ2n) is 15.5. The maximum atomic E-state index is 13.1. The molecular formula is C33H56N2O3. The smallest absolute Gasteiger partial charge is 0.223 e. The van der Waals surface area contributed by atoms with Crippen molar-refractivity contribution in [3.8, 4) is 0 Å². The number of rotatable bonds is 6. The van der Waals surface area contributed by atoms with Gasteiger partial charge in [0.25, 0.3) is 0 Å². The molecule has 0 aromatic carbocycles. The maximum absolute atomic E-state index is 13.1. The molecule has 0 spiro atoms. The number of amides is 1. The first kappa shape index (κ1) is 27.5. The zero-order chi connectivity index (χ0) is 26.7. The van der Waals surface area contributed by atoms with E-state index in [-0.39, 0.29) is 5.92 Å². The summed E-state index contributed by atoms with van der Waals surface area (Å²) in [6, 6.07) is 0.398. The second-order valence-corrected chi connectivity index (χ2v) is 15.5. The number of hydrogen-bond donors (Lipinski definition) is 2. The molecule has 2 aliphatic heterocycles. The minimum Gasteiger partial charge on any atom is -0.396 e. The zero-order valence-corrected chi connectivity index (χ0v) is 24.8. The molecule has 0 aromatic heterocycles. The number of likely N-dealkylation sites (tertiary alicyclic amines) is 1. The molecule has 6 aliphatic rings. The Balaban J connectivity index is 1.06. The summed E-state index contributed by atoms with van der Waals surface area (Å²) in [6.07, 6.45) is 17.0. The number of piperidine rings is 1. The van der Waals surface area contributed by atoms with Gasteiger partial charge in [-0.3, -0.25) is 4.79 Å². The Morgan fingerprint density at radius 1 is 0.974 bits per heavy atom. The lowest BCUT2D eigenvalue weighted by Gasteiger charge is -2.61. The Hall–Kier alpha value is -0.650. The summed E-state index contributed by atoms with van der Waals surface area (Å²) in [5.41, 5.74) is 0.923. The predicted molar refractivity (Wildman–Crippen MR) is 152 cm³/mol. The molecule has 1 amide bonds. The van der Waals surface area contributed by atoms with Gasteiger partial charge in [0.05, 0.1) is 12.2 Å². The number of carbonyl (C=O) groups excluding carboxylic acids is 1. The monoisotopic (exact) mass is 528 g/mol. The Labute approximate surface area is 232 Å². The fourth-order valence-electron chi connectivity index (χ4n) is 11.0. The lowest BCUT2D eigenvalue weighted by molar-refractivity contribution is -0.131. The Morgan fingerprint density at radius 2 is 1.74 bits per heavy atom. The van der Waals surface area contributed by atoms with Gasteiger partial charge in [0.1, 0.15) is 0 Å². The third-order valence-electron chi connectivity index (χ3n) is 13.5. The molecule has 2 heterocycles. The van der Waals surface area contributed by atoms with Crippen molar-refractivity contribution in [3.05, 3.63) is 0 Å². The van der Waals surface area contributed by atoms with Crippen LogP contribution in [-0.2, 0) is 9.53 Å². The van der Waals surface area contributed by atoms with Crippen LogP contribution in [0.3, 0.4) is 0 Å². The van der Waals surface area contributed by atoms with Crippen molar-refractivity contribution in [3.63, 3.8) is 0 Å². The van der Waals surface area contributed by atoms with E-state index in [0.717, 1.165) is 68.4 Å². The first-order valence-corrected chi connectivity index (χ1v) is 16.5. The van der Waals surface area contributed by atoms with Crippen LogP contribution in [-0.4, -0.2) is 60.9 Å². The van der Waals surface area contributed by atoms with Crippen LogP contribution in [0.15, 0.2) is 0 Å². The van der Waals surface area contributed by atoms with Crippen LogP contribution in [0.5, 0.6) is 0 Å². The van der Waals surface area contributed by atoms with Crippen LogP contribution in [0.4, 0.5) is 0 Å². The molecule has 5 nitrogen and oxygen atoms in total. The molecule has 2 N–H and O–H groups in total. The van der Waals surface area contributed by atoms with Gasteiger partial charge in [-0.15, -0.1) is 0 Å². The van der Waals surface area contributed by atoms with E-state index in [9.17, 15) is 9.90 Å². The summed E-state index contributed by atoms with van der Waals surface area (Å²) in [6.45, 7) is 9.86. The predicted octanol–water partition coefficient (Wildman–Crippen LogP) is 5.65. The number of nitrogens with one attached hydrogen (secondary N) is 1. The molecule has 0 aromatic rings. The SMILES string of the molecule is C[C@H](CO)CC[C@@H]1C[C@H]2C(CC3[C@@H]4CC[C@@H]5CC(NC(=O)C6CCN(C)CC6)CC[C@]5(C)C4CC[C@@]32C)O1. The Bertz CT molecular complexity index is 857. The van der Waals surface area contributed by atoms with E-state index >= 15 is 0 Å². The maximum Gasteiger partial charge on any atom is 0.223 e. The van der Waals surface area contributed by atoms with Gasteiger partial charge in [-0.1, -0.05) is 20.8 Å². The van der Waals surface area contributed by atoms with Gasteiger partial charge in [0, 0.05) is 18.6 Å². The number of carbonyl (C=O) groups is 1. The summed E-state index contributed by atoms with van der Waals surface area (Å²) in [5, 5.41) is 13.0. The van der Waals surface area contributed by atoms with Gasteiger partial charge in [0.2, 0.25) is 5.91 Å². The lowest BCUT2D eigenvalue weighted by Crippen LogP contribution is -2.55. The first-order chi connectivity index (χ1) is 18.2. The molecule has 5 heteroatoms. The van der Waals surface area contributed by atoms with Crippen LogP contribution in [0.25, 0.3) is 0 Å². The molecule has 216 valence electrons. The van der Waals surface area contributed by atoms with Gasteiger partial charge < -0.3 is 20.1 Å². The van der Waals surface area contributed by atoms with E-state index in [0.29, 0.717) is 47.5 Å². The molecule has 2 saturated heterocycles. The van der Waals surface area contributed by atoms with Crippen molar-refractivity contribution in [1.82, 2.24) is 10.2 Å². The van der Waals surface area contributed by atoms with E-state index in [1.807, 2.05) is 0 Å². The molecule has 4 aliphatic carbocycles. The van der Waals surface area contributed by atoms with E-state index in [2.05, 4.69) is 38.0 Å². The van der Waals surface area contributed by atoms with Gasteiger partial charge in [0.15, 0.2) is 0 Å². The number of fused-ring (bicyclic) bond motifs is 7. The second kappa shape index (κ2) is 10.6. The number of hydrogen-bond acceptors (Lipinski definition) is 4. The summed E-state index contributed by atoms with van der Waals surface area (Å²) < 4.78 is 6.73. The van der Waals surface area contributed by atoms with Gasteiger partial charge in [-0.05, 0) is 150 Å². The summed E-state index contributed by atoms with van der Waals surface area (Å²) in [5.74, 6) is 5.08. The van der Waals surface area contributed by atoms with Crippen LogP contribution >= 0.6 is 0 Å². The van der Waals surface area contributed by atoms with Gasteiger partial charge in [-0.2, -0.15) is 0 Å². The summed E-state index contributed by atoms with van der Waals surface area (Å²) >= 11 is 0. The Morgan fingerprint density at radius 3 is 2.50 bits per heavy atom. The minimum atomic E-state index is 0.230. The summed E-state index contributed by atoms with van der Waals surface area (Å²) in [7, 11) is 2.17. The number of aliphatic hydroxyl groups excluding tert-OH is 1. The van der Waals surface area contributed by atoms with Gasteiger partial charge in [-0.25, -0.2) is 0 Å². The first-order valence-electron chi connectivity index (χ1n) is 16.5. The van der Waals surface area contributed by atoms with Crippen molar-refractivity contribution in [2.45, 2.75) is 122 Å². The third-order valence-corrected chi connectivity index (χ3v) is 13.5. The fraction of sp³-hybridized carbons (Fsp3) is 0.970. The van der Waals surface area contributed by atoms with Crippen LogP contribution in [0, 0.1) is 52.3 Å². The molecule has 0 radical (unpaired) electrons. The topological polar surface area (TPSA) is 61.8 Å². The molecule has 6 rings (SSSR count). The average molecular weight is 529 g/mol. The molecule has 4 unspecified atom stereocenters. The van der Waals surface area contributed by atoms with E-state index in [1.54, 1.807) is 0 Å². The summed E-state index contributed by atoms with van der Waals surface area (Å²) in [4.78, 5) is 15.4. The third kappa shape index (κ3) is 4.79. The largest absolute Gasteiger partial charge is 0.396 e. The van der Waals surface area contributed by atoms with Crippen LogP contribution in [0.1, 0.15) is 104 Å². The number of aliphatic hydroxyl groups is 1. The van der Waals surface area contributed by atoms with Crippen LogP contribution in [0.2, 0.25) is 0 Å². The number of ether oxygens (including phenoxy) is 1. The van der Waals surface area contributed by atoms with Crippen molar-refractivity contribution in [2.75, 3.05) is 26.7 Å². The van der Waals surface area contributed by atoms with E-state index < -0.39 is 0 Å². The van der Waals surface area contributed by atoms with Crippen molar-refractivity contribution >= 4 is 5.91 Å². The molecule has 4 saturated carbocycles. The molecule has 6 fully saturated rings. The van der Waals surface area contributed by atoms with Crippen molar-refractivity contribution in [1.29, 1.82) is 0 Å². The van der Waals surface area contributed by atoms with Crippen LogP contribution < -0.4 is 5.32 Å². The molecule has 38 heavy (non-hydrogen) atoms. The highest BCUT2D eigenvalue weighted by Crippen LogP contribution is 2.69. The van der Waals surface area contributed by atoms with Crippen molar-refractivity contribution in [2.24, 2.45) is 52.3 Å². The van der Waals surface area contributed by atoms with Gasteiger partial charge >= 0.3 is 0 Å². The fourth-order valence-corrected chi connectivity index (χ4v) is 11.0. The quantitative estimate of drug-likeness (QED) is 0.468. The minimum absolute atomic E-state index is 0.230. The normalized spacial score (nSPS) is 48.0. The van der Waals surface area contributed by atoms with Crippen molar-refractivity contribution < 1.29 is 14.6 Å². The Kier molecular flexibility index (Phi) is 7.70. The van der Waals surface area contributed by atoms with E-state index in [4.69, 9.17) is 4.74 Å². The highest BCUT2D eigenvalue weighted by atomic mass is 16.5. The average Bonchev–Trinajstić information content (AvgIpc) is 3.44. The zero-order valence-electron chi connectivity index (χ0n) is 24.8.